The van der Waals surface area contributed by atoms with Crippen LogP contribution in [0.4, 0.5) is 5.69 Å². The maximum absolute atomic E-state index is 13.8. The lowest BCUT2D eigenvalue weighted by Gasteiger charge is -2.33. The second-order valence-corrected chi connectivity index (χ2v) is 11.9. The summed E-state index contributed by atoms with van der Waals surface area (Å²) in [6.07, 6.45) is 6.35. The summed E-state index contributed by atoms with van der Waals surface area (Å²) in [5, 5.41) is 3.12. The van der Waals surface area contributed by atoms with Gasteiger partial charge in [-0.3, -0.25) is 13.9 Å². The molecule has 8 heteroatoms. The normalized spacial score (nSPS) is 15.2. The summed E-state index contributed by atoms with van der Waals surface area (Å²) in [5.41, 5.74) is 4.05. The topological polar surface area (TPSA) is 86.8 Å². The Kier molecular flexibility index (Phi) is 9.17. The minimum atomic E-state index is -3.75. The van der Waals surface area contributed by atoms with Gasteiger partial charge in [0, 0.05) is 12.6 Å². The van der Waals surface area contributed by atoms with E-state index in [9.17, 15) is 18.0 Å². The number of hydrogen-bond donors (Lipinski definition) is 1. The molecule has 0 spiro atoms. The highest BCUT2D eigenvalue weighted by Crippen LogP contribution is 2.25. The van der Waals surface area contributed by atoms with Crippen molar-refractivity contribution in [1.29, 1.82) is 0 Å². The first-order chi connectivity index (χ1) is 17.0. The van der Waals surface area contributed by atoms with Crippen molar-refractivity contribution in [2.75, 3.05) is 17.1 Å². The molecule has 2 amide bonds. The molecule has 0 saturated heterocycles. The van der Waals surface area contributed by atoms with E-state index in [1.165, 1.54) is 11.3 Å². The Labute approximate surface area is 215 Å². The predicted molar refractivity (Wildman–Crippen MR) is 144 cm³/mol. The van der Waals surface area contributed by atoms with Gasteiger partial charge in [-0.25, -0.2) is 8.42 Å². The SMILES string of the molecule is Cc1ccc(C)c(N(CC(=O)N(Cc2ccccc2C)[C@@H](C)C(=O)NC2CCCCC2)S(C)(=O)=O)c1. The molecule has 7 nitrogen and oxygen atoms in total. The average Bonchev–Trinajstić information content (AvgIpc) is 2.83. The Bertz CT molecular complexity index is 1190. The zero-order valence-corrected chi connectivity index (χ0v) is 22.9. The van der Waals surface area contributed by atoms with E-state index < -0.39 is 22.0 Å². The fourth-order valence-electron chi connectivity index (χ4n) is 4.71. The molecule has 0 radical (unpaired) electrons. The van der Waals surface area contributed by atoms with Crippen LogP contribution in [0.3, 0.4) is 0 Å². The van der Waals surface area contributed by atoms with Gasteiger partial charge in [-0.1, -0.05) is 55.7 Å². The van der Waals surface area contributed by atoms with Crippen molar-refractivity contribution in [1.82, 2.24) is 10.2 Å². The van der Waals surface area contributed by atoms with Gasteiger partial charge in [0.1, 0.15) is 12.6 Å². The highest BCUT2D eigenvalue weighted by atomic mass is 32.2. The first-order valence-electron chi connectivity index (χ1n) is 12.7. The summed E-state index contributed by atoms with van der Waals surface area (Å²) in [5.74, 6) is -0.627. The van der Waals surface area contributed by atoms with Crippen molar-refractivity contribution in [3.63, 3.8) is 0 Å². The lowest BCUT2D eigenvalue weighted by molar-refractivity contribution is -0.139. The number of carbonyl (C=O) groups excluding carboxylic acids is 2. The van der Waals surface area contributed by atoms with Gasteiger partial charge >= 0.3 is 0 Å². The quantitative estimate of drug-likeness (QED) is 0.543. The number of amides is 2. The van der Waals surface area contributed by atoms with Crippen LogP contribution < -0.4 is 9.62 Å². The van der Waals surface area contributed by atoms with E-state index in [2.05, 4.69) is 5.32 Å². The number of aryl methyl sites for hydroxylation is 3. The highest BCUT2D eigenvalue weighted by Gasteiger charge is 2.31. The monoisotopic (exact) mass is 513 g/mol. The van der Waals surface area contributed by atoms with Gasteiger partial charge in [0.25, 0.3) is 0 Å². The van der Waals surface area contributed by atoms with E-state index in [0.717, 1.165) is 58.5 Å². The van der Waals surface area contributed by atoms with E-state index >= 15 is 0 Å². The van der Waals surface area contributed by atoms with E-state index in [1.807, 2.05) is 57.2 Å². The highest BCUT2D eigenvalue weighted by molar-refractivity contribution is 7.92. The maximum atomic E-state index is 13.8. The van der Waals surface area contributed by atoms with Crippen LogP contribution in [0.2, 0.25) is 0 Å². The Hall–Kier alpha value is -2.87. The van der Waals surface area contributed by atoms with Crippen molar-refractivity contribution >= 4 is 27.5 Å². The summed E-state index contributed by atoms with van der Waals surface area (Å²) in [7, 11) is -3.75. The van der Waals surface area contributed by atoms with Crippen LogP contribution in [-0.4, -0.2) is 50.0 Å². The van der Waals surface area contributed by atoms with Crippen LogP contribution in [-0.2, 0) is 26.2 Å². The smallest absolute Gasteiger partial charge is 0.244 e. The number of sulfonamides is 1. The molecule has 1 fully saturated rings. The number of carbonyl (C=O) groups is 2. The van der Waals surface area contributed by atoms with Gasteiger partial charge in [0.15, 0.2) is 0 Å². The van der Waals surface area contributed by atoms with Crippen LogP contribution in [0, 0.1) is 20.8 Å². The maximum Gasteiger partial charge on any atom is 0.244 e. The van der Waals surface area contributed by atoms with E-state index in [-0.39, 0.29) is 25.0 Å². The molecule has 1 N–H and O–H groups in total. The van der Waals surface area contributed by atoms with Crippen LogP contribution in [0.15, 0.2) is 42.5 Å². The average molecular weight is 514 g/mol. The fraction of sp³-hybridized carbons (Fsp3) is 0.500. The number of benzene rings is 2. The molecule has 1 aliphatic carbocycles. The van der Waals surface area contributed by atoms with Crippen LogP contribution in [0.25, 0.3) is 0 Å². The second-order valence-electron chi connectivity index (χ2n) is 10.0. The molecule has 2 aromatic carbocycles. The standard InChI is InChI=1S/C28H39N3O4S/c1-20-15-16-22(3)26(17-20)31(36(5,34)35)19-27(32)30(18-24-12-10-9-11-21(24)2)23(4)28(33)29-25-13-7-6-8-14-25/h9-12,15-17,23,25H,6-8,13-14,18-19H2,1-5H3,(H,29,33)/t23-/m0/s1. The number of anilines is 1. The molecule has 196 valence electrons. The van der Waals surface area contributed by atoms with E-state index in [0.29, 0.717) is 5.69 Å². The Morgan fingerprint density at radius 1 is 1.00 bits per heavy atom. The number of rotatable bonds is 9. The van der Waals surface area contributed by atoms with E-state index in [4.69, 9.17) is 0 Å². The molecular weight excluding hydrogens is 474 g/mol. The summed E-state index contributed by atoms with van der Waals surface area (Å²) < 4.78 is 26.8. The minimum Gasteiger partial charge on any atom is -0.352 e. The third-order valence-corrected chi connectivity index (χ3v) is 8.16. The molecule has 1 atom stereocenters. The Morgan fingerprint density at radius 3 is 2.31 bits per heavy atom. The molecule has 0 aliphatic heterocycles. The van der Waals surface area contributed by atoms with Crippen LogP contribution in [0.1, 0.15) is 61.3 Å². The number of hydrogen-bond acceptors (Lipinski definition) is 4. The largest absolute Gasteiger partial charge is 0.352 e. The molecule has 0 bridgehead atoms. The molecule has 3 rings (SSSR count). The first-order valence-corrected chi connectivity index (χ1v) is 14.5. The lowest BCUT2D eigenvalue weighted by Crippen LogP contribution is -2.53. The third kappa shape index (κ3) is 7.09. The molecule has 0 unspecified atom stereocenters. The van der Waals surface area contributed by atoms with Crippen LogP contribution >= 0.6 is 0 Å². The van der Waals surface area contributed by atoms with Crippen molar-refractivity contribution in [2.24, 2.45) is 0 Å². The van der Waals surface area contributed by atoms with Crippen molar-refractivity contribution in [3.8, 4) is 0 Å². The fourth-order valence-corrected chi connectivity index (χ4v) is 5.60. The van der Waals surface area contributed by atoms with E-state index in [1.54, 1.807) is 13.0 Å². The predicted octanol–water partition coefficient (Wildman–Crippen LogP) is 4.24. The summed E-state index contributed by atoms with van der Waals surface area (Å²) >= 11 is 0. The molecule has 1 saturated carbocycles. The summed E-state index contributed by atoms with van der Waals surface area (Å²) in [6, 6.07) is 12.6. The minimum absolute atomic E-state index is 0.117. The molecule has 1 aliphatic rings. The summed E-state index contributed by atoms with van der Waals surface area (Å²) in [6.45, 7) is 7.22. The molecule has 0 aromatic heterocycles. The Balaban J connectivity index is 1.91. The van der Waals surface area contributed by atoms with Gasteiger partial charge in [0.05, 0.1) is 11.9 Å². The molecule has 36 heavy (non-hydrogen) atoms. The molecule has 0 heterocycles. The zero-order valence-electron chi connectivity index (χ0n) is 22.1. The number of nitrogens with zero attached hydrogens (tertiary/aromatic N) is 2. The Morgan fingerprint density at radius 2 is 1.67 bits per heavy atom. The van der Waals surface area contributed by atoms with Crippen molar-refractivity contribution in [2.45, 2.75) is 78.4 Å². The second kappa shape index (κ2) is 11.9. The molecular formula is C28H39N3O4S. The van der Waals surface area contributed by atoms with Crippen molar-refractivity contribution in [3.05, 3.63) is 64.7 Å². The van der Waals surface area contributed by atoms with Crippen LogP contribution in [0.5, 0.6) is 0 Å². The first kappa shape index (κ1) is 27.7. The lowest BCUT2D eigenvalue weighted by atomic mass is 9.95. The zero-order chi connectivity index (χ0) is 26.5. The molecule has 2 aromatic rings. The summed E-state index contributed by atoms with van der Waals surface area (Å²) in [4.78, 5) is 28.5. The van der Waals surface area contributed by atoms with Crippen molar-refractivity contribution < 1.29 is 18.0 Å². The van der Waals surface area contributed by atoms with Gasteiger partial charge in [0.2, 0.25) is 21.8 Å². The van der Waals surface area contributed by atoms with Gasteiger partial charge < -0.3 is 10.2 Å². The van der Waals surface area contributed by atoms with Gasteiger partial charge in [-0.2, -0.15) is 0 Å². The van der Waals surface area contributed by atoms with Gasteiger partial charge in [-0.05, 0) is 68.9 Å². The number of nitrogens with one attached hydrogen (secondary N) is 1. The van der Waals surface area contributed by atoms with Gasteiger partial charge in [-0.15, -0.1) is 0 Å². The third-order valence-electron chi connectivity index (χ3n) is 7.03.